The Kier molecular flexibility index (Phi) is 6.91. The van der Waals surface area contributed by atoms with Gasteiger partial charge in [-0.3, -0.25) is 4.79 Å². The zero-order valence-electron chi connectivity index (χ0n) is 16.0. The second-order valence-electron chi connectivity index (χ2n) is 7.45. The Labute approximate surface area is 171 Å². The molecule has 0 saturated carbocycles. The fourth-order valence-corrected chi connectivity index (χ4v) is 4.06. The van der Waals surface area contributed by atoms with Gasteiger partial charge >= 0.3 is 5.69 Å². The molecular formula is C20H28ClN5O2. The van der Waals surface area contributed by atoms with Crippen LogP contribution in [0.5, 0.6) is 0 Å². The van der Waals surface area contributed by atoms with E-state index in [1.807, 2.05) is 35.2 Å². The number of piperidine rings is 2. The number of rotatable bonds is 4. The largest absolute Gasteiger partial charge is 0.351 e. The van der Waals surface area contributed by atoms with Crippen molar-refractivity contribution < 1.29 is 4.79 Å². The molecule has 7 nitrogen and oxygen atoms in total. The van der Waals surface area contributed by atoms with E-state index < -0.39 is 0 Å². The Morgan fingerprint density at radius 3 is 2.54 bits per heavy atom. The van der Waals surface area contributed by atoms with E-state index in [0.29, 0.717) is 0 Å². The SMILES string of the molecule is Cl.O=C(Cn1nc(C2CCCNC2)n(-c2ccccc2)c1=O)N1CCCCC1. The summed E-state index contributed by atoms with van der Waals surface area (Å²) in [6, 6.07) is 9.60. The molecule has 2 fully saturated rings. The second kappa shape index (κ2) is 9.39. The van der Waals surface area contributed by atoms with E-state index in [4.69, 9.17) is 0 Å². The Balaban J connectivity index is 0.00000225. The van der Waals surface area contributed by atoms with Crippen LogP contribution in [0.25, 0.3) is 5.69 Å². The van der Waals surface area contributed by atoms with E-state index >= 15 is 0 Å². The average molecular weight is 406 g/mol. The molecule has 3 heterocycles. The van der Waals surface area contributed by atoms with Crippen LogP contribution in [0.4, 0.5) is 0 Å². The smallest absolute Gasteiger partial charge is 0.341 e. The molecule has 8 heteroatoms. The Morgan fingerprint density at radius 1 is 1.11 bits per heavy atom. The topological polar surface area (TPSA) is 72.2 Å². The summed E-state index contributed by atoms with van der Waals surface area (Å²) in [5.74, 6) is 0.922. The van der Waals surface area contributed by atoms with Gasteiger partial charge in [-0.25, -0.2) is 14.0 Å². The van der Waals surface area contributed by atoms with Gasteiger partial charge in [-0.1, -0.05) is 18.2 Å². The lowest BCUT2D eigenvalue weighted by atomic mass is 9.99. The third kappa shape index (κ3) is 4.31. The van der Waals surface area contributed by atoms with Crippen LogP contribution in [0, 0.1) is 0 Å². The van der Waals surface area contributed by atoms with E-state index in [9.17, 15) is 9.59 Å². The van der Waals surface area contributed by atoms with Crippen molar-refractivity contribution >= 4 is 18.3 Å². The van der Waals surface area contributed by atoms with Gasteiger partial charge in [-0.15, -0.1) is 12.4 Å². The van der Waals surface area contributed by atoms with Gasteiger partial charge in [-0.05, 0) is 50.8 Å². The molecule has 2 aliphatic rings. The molecule has 1 aromatic heterocycles. The van der Waals surface area contributed by atoms with Crippen molar-refractivity contribution in [1.82, 2.24) is 24.6 Å². The van der Waals surface area contributed by atoms with E-state index in [1.54, 1.807) is 4.57 Å². The summed E-state index contributed by atoms with van der Waals surface area (Å²) in [5, 5.41) is 8.02. The van der Waals surface area contributed by atoms with Crippen molar-refractivity contribution in [1.29, 1.82) is 0 Å². The molecule has 2 aromatic rings. The predicted molar refractivity (Wildman–Crippen MR) is 110 cm³/mol. The number of nitrogens with zero attached hydrogens (tertiary/aromatic N) is 4. The van der Waals surface area contributed by atoms with Crippen molar-refractivity contribution in [2.75, 3.05) is 26.2 Å². The Morgan fingerprint density at radius 2 is 1.86 bits per heavy atom. The van der Waals surface area contributed by atoms with Crippen molar-refractivity contribution in [3.63, 3.8) is 0 Å². The number of halogens is 1. The molecule has 1 aromatic carbocycles. The zero-order valence-corrected chi connectivity index (χ0v) is 16.9. The highest BCUT2D eigenvalue weighted by atomic mass is 35.5. The lowest BCUT2D eigenvalue weighted by molar-refractivity contribution is -0.133. The van der Waals surface area contributed by atoms with Crippen LogP contribution in [-0.4, -0.2) is 51.3 Å². The number of amides is 1. The van der Waals surface area contributed by atoms with E-state index in [2.05, 4.69) is 10.4 Å². The van der Waals surface area contributed by atoms with Gasteiger partial charge in [0.25, 0.3) is 0 Å². The first kappa shape index (κ1) is 20.6. The van der Waals surface area contributed by atoms with Crippen molar-refractivity contribution in [3.05, 3.63) is 46.6 Å². The standard InChI is InChI=1S/C20H27N5O2.ClH/c26-18(23-12-5-2-6-13-23)15-24-20(27)25(17-9-3-1-4-10-17)19(22-24)16-8-7-11-21-14-16;/h1,3-4,9-10,16,21H,2,5-8,11-15H2;1H. The molecular weight excluding hydrogens is 378 g/mol. The highest BCUT2D eigenvalue weighted by Crippen LogP contribution is 2.23. The molecule has 1 unspecified atom stereocenters. The fraction of sp³-hybridized carbons (Fsp3) is 0.550. The molecule has 2 aliphatic heterocycles. The molecule has 1 amide bonds. The molecule has 4 rings (SSSR count). The molecule has 0 radical (unpaired) electrons. The van der Waals surface area contributed by atoms with Crippen molar-refractivity contribution in [2.24, 2.45) is 0 Å². The Hall–Kier alpha value is -2.12. The normalized spacial score (nSPS) is 19.9. The maximum Gasteiger partial charge on any atom is 0.351 e. The minimum Gasteiger partial charge on any atom is -0.341 e. The molecule has 2 saturated heterocycles. The molecule has 28 heavy (non-hydrogen) atoms. The van der Waals surface area contributed by atoms with Crippen LogP contribution >= 0.6 is 12.4 Å². The monoisotopic (exact) mass is 405 g/mol. The number of hydrogen-bond acceptors (Lipinski definition) is 4. The summed E-state index contributed by atoms with van der Waals surface area (Å²) >= 11 is 0. The third-order valence-corrected chi connectivity index (χ3v) is 5.53. The maximum atomic E-state index is 13.1. The van der Waals surface area contributed by atoms with Gasteiger partial charge < -0.3 is 10.2 Å². The van der Waals surface area contributed by atoms with Crippen LogP contribution in [0.2, 0.25) is 0 Å². The number of nitrogens with one attached hydrogen (secondary N) is 1. The lowest BCUT2D eigenvalue weighted by Gasteiger charge is -2.26. The second-order valence-corrected chi connectivity index (χ2v) is 7.45. The zero-order chi connectivity index (χ0) is 18.6. The number of carbonyl (C=O) groups is 1. The number of para-hydroxylation sites is 1. The summed E-state index contributed by atoms with van der Waals surface area (Å²) in [6.45, 7) is 3.40. The molecule has 1 N–H and O–H groups in total. The minimum absolute atomic E-state index is 0. The summed E-state index contributed by atoms with van der Waals surface area (Å²) < 4.78 is 3.04. The van der Waals surface area contributed by atoms with Crippen LogP contribution in [0.3, 0.4) is 0 Å². The number of hydrogen-bond donors (Lipinski definition) is 1. The van der Waals surface area contributed by atoms with Crippen LogP contribution in [0.1, 0.15) is 43.8 Å². The van der Waals surface area contributed by atoms with E-state index in [0.717, 1.165) is 63.4 Å². The number of aromatic nitrogens is 3. The molecule has 1 atom stereocenters. The van der Waals surface area contributed by atoms with Crippen molar-refractivity contribution in [2.45, 2.75) is 44.6 Å². The third-order valence-electron chi connectivity index (χ3n) is 5.53. The van der Waals surface area contributed by atoms with E-state index in [1.165, 1.54) is 11.1 Å². The first-order chi connectivity index (χ1) is 13.2. The molecule has 0 bridgehead atoms. The van der Waals surface area contributed by atoms with Gasteiger partial charge in [0.1, 0.15) is 12.4 Å². The Bertz CT molecular complexity index is 836. The first-order valence-corrected chi connectivity index (χ1v) is 9.98. The summed E-state index contributed by atoms with van der Waals surface area (Å²) in [6.07, 6.45) is 5.31. The van der Waals surface area contributed by atoms with Crippen LogP contribution in [-0.2, 0) is 11.3 Å². The summed E-state index contributed by atoms with van der Waals surface area (Å²) in [4.78, 5) is 27.6. The molecule has 0 spiro atoms. The van der Waals surface area contributed by atoms with Gasteiger partial charge in [0.05, 0.1) is 5.69 Å². The predicted octanol–water partition coefficient (Wildman–Crippen LogP) is 1.94. The van der Waals surface area contributed by atoms with Crippen molar-refractivity contribution in [3.8, 4) is 5.69 Å². The van der Waals surface area contributed by atoms with Crippen LogP contribution < -0.4 is 11.0 Å². The molecule has 0 aliphatic carbocycles. The quantitative estimate of drug-likeness (QED) is 0.843. The van der Waals surface area contributed by atoms with Gasteiger partial charge in [0.15, 0.2) is 0 Å². The minimum atomic E-state index is -0.230. The van der Waals surface area contributed by atoms with Crippen LogP contribution in [0.15, 0.2) is 35.1 Å². The number of benzene rings is 1. The average Bonchev–Trinajstić information content (AvgIpc) is 3.06. The highest BCUT2D eigenvalue weighted by Gasteiger charge is 2.26. The number of likely N-dealkylation sites (tertiary alicyclic amines) is 1. The van der Waals surface area contributed by atoms with E-state index in [-0.39, 0.29) is 36.5 Å². The lowest BCUT2D eigenvalue weighted by Crippen LogP contribution is -2.40. The number of carbonyl (C=O) groups excluding carboxylic acids is 1. The fourth-order valence-electron chi connectivity index (χ4n) is 4.06. The summed E-state index contributed by atoms with van der Waals surface area (Å²) in [5.41, 5.74) is 0.576. The van der Waals surface area contributed by atoms with Gasteiger partial charge in [0.2, 0.25) is 5.91 Å². The maximum absolute atomic E-state index is 13.1. The highest BCUT2D eigenvalue weighted by molar-refractivity contribution is 5.85. The summed E-state index contributed by atoms with van der Waals surface area (Å²) in [7, 11) is 0. The van der Waals surface area contributed by atoms with Gasteiger partial charge in [-0.2, -0.15) is 5.10 Å². The van der Waals surface area contributed by atoms with Gasteiger partial charge in [0, 0.05) is 25.6 Å². The first-order valence-electron chi connectivity index (χ1n) is 9.98. The molecule has 152 valence electrons.